The van der Waals surface area contributed by atoms with Crippen molar-refractivity contribution in [1.29, 1.82) is 0 Å². The molecule has 0 aliphatic heterocycles. The summed E-state index contributed by atoms with van der Waals surface area (Å²) in [6, 6.07) is 3.96. The lowest BCUT2D eigenvalue weighted by Gasteiger charge is -2.13. The van der Waals surface area contributed by atoms with Gasteiger partial charge in [-0.25, -0.2) is 0 Å². The third-order valence-corrected chi connectivity index (χ3v) is 2.51. The topological polar surface area (TPSA) is 65.0 Å². The molecular weight excluding hydrogens is 364 g/mol. The largest absolute Gasteiger partial charge is 0.493 e. The van der Waals surface area contributed by atoms with Crippen molar-refractivity contribution < 1.29 is 37.3 Å². The summed E-state index contributed by atoms with van der Waals surface area (Å²) in [6.45, 7) is -1.43. The molecule has 0 saturated carbocycles. The van der Waals surface area contributed by atoms with Gasteiger partial charge in [0.05, 0.1) is 13.5 Å². The molecule has 0 atom stereocenters. The third kappa shape index (κ3) is 10.9. The van der Waals surface area contributed by atoms with Gasteiger partial charge in [-0.05, 0) is 17.7 Å². The second-order valence-electron chi connectivity index (χ2n) is 3.96. The lowest BCUT2D eigenvalue weighted by atomic mass is 10.1. The molecular formula is C13H15Cl2F3O5. The van der Waals surface area contributed by atoms with Crippen molar-refractivity contribution in [3.8, 4) is 11.5 Å². The van der Waals surface area contributed by atoms with Crippen LogP contribution in [0.25, 0.3) is 0 Å². The minimum atomic E-state index is -4.44. The van der Waals surface area contributed by atoms with Gasteiger partial charge in [0.2, 0.25) is 5.02 Å². The van der Waals surface area contributed by atoms with E-state index >= 15 is 0 Å². The number of carbonyl (C=O) groups is 1. The van der Waals surface area contributed by atoms with Gasteiger partial charge in [-0.1, -0.05) is 29.3 Å². The van der Waals surface area contributed by atoms with E-state index in [9.17, 15) is 18.0 Å². The Morgan fingerprint density at radius 1 is 1.26 bits per heavy atom. The smallest absolute Gasteiger partial charge is 0.422 e. The first-order chi connectivity index (χ1) is 10.6. The number of hydrogen-bond acceptors (Lipinski definition) is 4. The number of hydrogen-bond donors (Lipinski definition) is 1. The Kier molecular flexibility index (Phi) is 9.78. The molecule has 0 bridgehead atoms. The summed E-state index contributed by atoms with van der Waals surface area (Å²) in [4.78, 5) is 10.5. The summed E-state index contributed by atoms with van der Waals surface area (Å²) >= 11 is 10.0. The number of carboxylic acid groups (broad SMARTS) is 1. The SMILES string of the molecule is COC(Cl)Cl.COc1cc(CC(=O)O)ccc1OCC(F)(F)F. The van der Waals surface area contributed by atoms with E-state index in [1.807, 2.05) is 0 Å². The average Bonchev–Trinajstić information content (AvgIpc) is 2.44. The molecule has 0 amide bonds. The summed E-state index contributed by atoms with van der Waals surface area (Å²) < 4.78 is 49.6. The minimum Gasteiger partial charge on any atom is -0.493 e. The van der Waals surface area contributed by atoms with Crippen molar-refractivity contribution in [1.82, 2.24) is 0 Å². The number of aliphatic carboxylic acids is 1. The molecule has 0 aliphatic rings. The number of rotatable bonds is 6. The highest BCUT2D eigenvalue weighted by atomic mass is 35.5. The summed E-state index contributed by atoms with van der Waals surface area (Å²) in [5.74, 6) is -1.05. The summed E-state index contributed by atoms with van der Waals surface area (Å²) in [5.41, 5.74) is 0.415. The lowest BCUT2D eigenvalue weighted by molar-refractivity contribution is -0.153. The highest BCUT2D eigenvalue weighted by Crippen LogP contribution is 2.29. The van der Waals surface area contributed by atoms with Gasteiger partial charge in [-0.15, -0.1) is 0 Å². The predicted molar refractivity (Wildman–Crippen MR) is 78.4 cm³/mol. The Labute approximate surface area is 140 Å². The van der Waals surface area contributed by atoms with E-state index in [1.165, 1.54) is 32.4 Å². The van der Waals surface area contributed by atoms with Gasteiger partial charge in [0.25, 0.3) is 0 Å². The number of ether oxygens (including phenoxy) is 3. The highest BCUT2D eigenvalue weighted by molar-refractivity contribution is 6.43. The molecule has 0 aromatic heterocycles. The molecule has 0 spiro atoms. The van der Waals surface area contributed by atoms with Crippen molar-refractivity contribution in [2.24, 2.45) is 0 Å². The van der Waals surface area contributed by atoms with E-state index in [4.69, 9.17) is 33.0 Å². The second kappa shape index (κ2) is 10.4. The molecule has 0 unspecified atom stereocenters. The summed E-state index contributed by atoms with van der Waals surface area (Å²) in [7, 11) is 2.70. The van der Waals surface area contributed by atoms with E-state index < -0.39 is 23.8 Å². The molecule has 1 N–H and O–H groups in total. The monoisotopic (exact) mass is 378 g/mol. The first kappa shape index (κ1) is 21.6. The molecule has 5 nitrogen and oxygen atoms in total. The average molecular weight is 379 g/mol. The Morgan fingerprint density at radius 2 is 1.83 bits per heavy atom. The molecule has 0 fully saturated rings. The molecule has 0 saturated heterocycles. The standard InChI is InChI=1S/C11H11F3O4.C2H4Cl2O/c1-17-9-4-7(5-10(15)16)2-3-8(9)18-6-11(12,13)14;1-5-2(3)4/h2-4H,5-6H2,1H3,(H,15,16);2H,1H3. The maximum absolute atomic E-state index is 12.0. The normalized spacial score (nSPS) is 10.8. The Hall–Kier alpha value is -1.38. The fraction of sp³-hybridized carbons (Fsp3) is 0.462. The van der Waals surface area contributed by atoms with E-state index in [0.717, 1.165) is 0 Å². The van der Waals surface area contributed by atoms with Crippen LogP contribution in [0.5, 0.6) is 11.5 Å². The molecule has 132 valence electrons. The Morgan fingerprint density at radius 3 is 2.22 bits per heavy atom. The molecule has 0 radical (unpaired) electrons. The van der Waals surface area contributed by atoms with Crippen molar-refractivity contribution in [3.63, 3.8) is 0 Å². The zero-order chi connectivity index (χ0) is 18.0. The van der Waals surface area contributed by atoms with Gasteiger partial charge in [-0.2, -0.15) is 13.2 Å². The van der Waals surface area contributed by atoms with Crippen LogP contribution < -0.4 is 9.47 Å². The third-order valence-electron chi connectivity index (χ3n) is 2.15. The summed E-state index contributed by atoms with van der Waals surface area (Å²) in [6.07, 6.45) is -4.68. The van der Waals surface area contributed by atoms with E-state index in [1.54, 1.807) is 0 Å². The van der Waals surface area contributed by atoms with Gasteiger partial charge in [0.15, 0.2) is 18.1 Å². The van der Waals surface area contributed by atoms with Gasteiger partial charge in [0, 0.05) is 7.11 Å². The molecule has 1 rings (SSSR count). The van der Waals surface area contributed by atoms with Crippen molar-refractivity contribution >= 4 is 29.2 Å². The zero-order valence-electron chi connectivity index (χ0n) is 12.2. The van der Waals surface area contributed by atoms with Gasteiger partial charge in [0.1, 0.15) is 0 Å². The van der Waals surface area contributed by atoms with Crippen LogP contribution in [0.4, 0.5) is 13.2 Å². The van der Waals surface area contributed by atoms with Crippen molar-refractivity contribution in [3.05, 3.63) is 23.8 Å². The first-order valence-corrected chi connectivity index (χ1v) is 6.85. The van der Waals surface area contributed by atoms with Gasteiger partial charge < -0.3 is 19.3 Å². The molecule has 0 aliphatic carbocycles. The lowest BCUT2D eigenvalue weighted by Crippen LogP contribution is -2.19. The van der Waals surface area contributed by atoms with Crippen molar-refractivity contribution in [2.45, 2.75) is 17.6 Å². The molecule has 10 heteroatoms. The van der Waals surface area contributed by atoms with E-state index in [2.05, 4.69) is 9.47 Å². The highest BCUT2D eigenvalue weighted by Gasteiger charge is 2.29. The number of benzene rings is 1. The number of alkyl halides is 5. The predicted octanol–water partition coefficient (Wildman–Crippen LogP) is 3.66. The number of carboxylic acids is 1. The minimum absolute atomic E-state index is 0.0676. The van der Waals surface area contributed by atoms with Gasteiger partial charge >= 0.3 is 12.1 Å². The quantitative estimate of drug-likeness (QED) is 0.765. The second-order valence-corrected chi connectivity index (χ2v) is 4.97. The summed E-state index contributed by atoms with van der Waals surface area (Å²) in [5, 5.41) is 7.92. The fourth-order valence-electron chi connectivity index (χ4n) is 1.28. The zero-order valence-corrected chi connectivity index (χ0v) is 13.7. The van der Waals surface area contributed by atoms with E-state index in [-0.39, 0.29) is 17.9 Å². The van der Waals surface area contributed by atoms with Crippen LogP contribution >= 0.6 is 23.2 Å². The first-order valence-electron chi connectivity index (χ1n) is 5.98. The van der Waals surface area contributed by atoms with Crippen LogP contribution in [0.2, 0.25) is 0 Å². The van der Waals surface area contributed by atoms with Gasteiger partial charge in [-0.3, -0.25) is 4.79 Å². The van der Waals surface area contributed by atoms with Crippen LogP contribution in [0, 0.1) is 0 Å². The van der Waals surface area contributed by atoms with Crippen LogP contribution in [0.3, 0.4) is 0 Å². The van der Waals surface area contributed by atoms with E-state index in [0.29, 0.717) is 5.56 Å². The maximum atomic E-state index is 12.0. The Bertz CT molecular complexity index is 495. The molecule has 0 heterocycles. The fourth-order valence-corrected chi connectivity index (χ4v) is 1.28. The number of methoxy groups -OCH3 is 2. The van der Waals surface area contributed by atoms with Crippen molar-refractivity contribution in [2.75, 3.05) is 20.8 Å². The maximum Gasteiger partial charge on any atom is 0.422 e. The molecule has 1 aromatic carbocycles. The Balaban J connectivity index is 0.000000841. The molecule has 23 heavy (non-hydrogen) atoms. The van der Waals surface area contributed by atoms with Crippen LogP contribution in [0.1, 0.15) is 5.56 Å². The number of halogens is 5. The van der Waals surface area contributed by atoms with Crippen LogP contribution in [-0.2, 0) is 16.0 Å². The van der Waals surface area contributed by atoms with Crippen LogP contribution in [0.15, 0.2) is 18.2 Å². The van der Waals surface area contributed by atoms with Crippen LogP contribution in [-0.4, -0.2) is 43.1 Å². The molecule has 1 aromatic rings.